The molecule has 32 heavy (non-hydrogen) atoms. The second kappa shape index (κ2) is 7.33. The average Bonchev–Trinajstić information content (AvgIpc) is 3.01. The Morgan fingerprint density at radius 2 is 1.72 bits per heavy atom. The number of amides is 1. The molecule has 4 atom stereocenters. The number of carbonyl (C=O) groups is 4. The van der Waals surface area contributed by atoms with Crippen LogP contribution in [0.2, 0.25) is 0 Å². The minimum absolute atomic E-state index is 0.0255. The molecule has 1 aromatic rings. The Hall–Kier alpha value is -3.40. The van der Waals surface area contributed by atoms with Crippen LogP contribution in [0, 0.1) is 5.41 Å². The van der Waals surface area contributed by atoms with E-state index < -0.39 is 40.9 Å². The molecule has 1 fully saturated rings. The SMILES string of the molecule is COC(=O)[C@@H]1Cc2cc(OC)c(OC)cc2[C@]23CC(=O)C=C[C@@]2(C(=O)OC)[C@H](O)C(=O)N13. The summed E-state index contributed by atoms with van der Waals surface area (Å²) in [5.74, 6) is -2.24. The molecule has 0 bridgehead atoms. The summed E-state index contributed by atoms with van der Waals surface area (Å²) in [6.07, 6.45) is 0.165. The maximum Gasteiger partial charge on any atom is 0.328 e. The van der Waals surface area contributed by atoms with Crippen molar-refractivity contribution in [3.05, 3.63) is 35.4 Å². The standard InChI is InChI=1S/C22H23NO9/c1-29-15-8-11-7-14(19(27)31-3)23-18(26)17(25)21(20(28)32-4)6-5-12(24)10-22(21,23)13(11)9-16(15)30-2/h5-6,8-9,14,17,25H,7,10H2,1-4H3/t14-,17+,21-,22+/m0/s1. The molecule has 1 N–H and O–H groups in total. The molecular weight excluding hydrogens is 422 g/mol. The predicted molar refractivity (Wildman–Crippen MR) is 107 cm³/mol. The lowest BCUT2D eigenvalue weighted by molar-refractivity contribution is -0.167. The van der Waals surface area contributed by atoms with Crippen molar-refractivity contribution in [2.45, 2.75) is 30.5 Å². The van der Waals surface area contributed by atoms with Crippen LogP contribution in [-0.4, -0.2) is 74.2 Å². The molecule has 0 radical (unpaired) electrons. The summed E-state index contributed by atoms with van der Waals surface area (Å²) in [5.41, 5.74) is -2.75. The van der Waals surface area contributed by atoms with Crippen molar-refractivity contribution in [3.63, 3.8) is 0 Å². The third-order valence-electron chi connectivity index (χ3n) is 6.74. The number of ketones is 1. The van der Waals surface area contributed by atoms with Gasteiger partial charge in [0.1, 0.15) is 11.5 Å². The first kappa shape index (κ1) is 21.8. The number of hydrogen-bond acceptors (Lipinski definition) is 9. The zero-order valence-corrected chi connectivity index (χ0v) is 18.0. The highest BCUT2D eigenvalue weighted by Crippen LogP contribution is 2.62. The van der Waals surface area contributed by atoms with Crippen LogP contribution in [0.5, 0.6) is 11.5 Å². The minimum Gasteiger partial charge on any atom is -0.493 e. The highest BCUT2D eigenvalue weighted by atomic mass is 16.5. The number of benzene rings is 1. The number of methoxy groups -OCH3 is 4. The number of nitrogens with zero attached hydrogens (tertiary/aromatic N) is 1. The normalized spacial score (nSPS) is 30.2. The molecule has 1 amide bonds. The van der Waals surface area contributed by atoms with Crippen molar-refractivity contribution in [3.8, 4) is 11.5 Å². The number of esters is 2. The quantitative estimate of drug-likeness (QED) is 0.631. The molecule has 2 aliphatic heterocycles. The molecule has 2 heterocycles. The van der Waals surface area contributed by atoms with Crippen molar-refractivity contribution in [1.82, 2.24) is 4.90 Å². The van der Waals surface area contributed by atoms with Gasteiger partial charge >= 0.3 is 11.9 Å². The number of ether oxygens (including phenoxy) is 4. The van der Waals surface area contributed by atoms with Gasteiger partial charge in [0.05, 0.1) is 34.0 Å². The van der Waals surface area contributed by atoms with Crippen LogP contribution in [0.4, 0.5) is 0 Å². The maximum atomic E-state index is 13.4. The van der Waals surface area contributed by atoms with Crippen LogP contribution in [-0.2, 0) is 40.6 Å². The fourth-order valence-corrected chi connectivity index (χ4v) is 5.42. The summed E-state index contributed by atoms with van der Waals surface area (Å²) >= 11 is 0. The highest BCUT2D eigenvalue weighted by Gasteiger charge is 2.76. The molecule has 10 heteroatoms. The van der Waals surface area contributed by atoms with Gasteiger partial charge in [-0.05, 0) is 29.3 Å². The van der Waals surface area contributed by atoms with Gasteiger partial charge in [0.2, 0.25) is 0 Å². The van der Waals surface area contributed by atoms with E-state index in [1.54, 1.807) is 12.1 Å². The fraction of sp³-hybridized carbons (Fsp3) is 0.455. The predicted octanol–water partition coefficient (Wildman–Crippen LogP) is -0.112. The number of hydrogen-bond donors (Lipinski definition) is 1. The van der Waals surface area contributed by atoms with E-state index in [-0.39, 0.29) is 18.6 Å². The van der Waals surface area contributed by atoms with Gasteiger partial charge in [-0.3, -0.25) is 14.4 Å². The van der Waals surface area contributed by atoms with Crippen LogP contribution in [0.15, 0.2) is 24.3 Å². The molecule has 1 saturated heterocycles. The van der Waals surface area contributed by atoms with E-state index in [9.17, 15) is 24.3 Å². The largest absolute Gasteiger partial charge is 0.493 e. The van der Waals surface area contributed by atoms with Crippen LogP contribution in [0.1, 0.15) is 17.5 Å². The van der Waals surface area contributed by atoms with Gasteiger partial charge < -0.3 is 29.0 Å². The molecule has 170 valence electrons. The van der Waals surface area contributed by atoms with Gasteiger partial charge in [-0.15, -0.1) is 0 Å². The van der Waals surface area contributed by atoms with E-state index in [2.05, 4.69) is 0 Å². The molecular formula is C22H23NO9. The second-order valence-electron chi connectivity index (χ2n) is 7.92. The Labute approximate surface area is 183 Å². The molecule has 0 saturated carbocycles. The van der Waals surface area contributed by atoms with Crippen molar-refractivity contribution in [2.24, 2.45) is 5.41 Å². The van der Waals surface area contributed by atoms with Crippen LogP contribution in [0.3, 0.4) is 0 Å². The average molecular weight is 445 g/mol. The lowest BCUT2D eigenvalue weighted by Gasteiger charge is -2.53. The summed E-state index contributed by atoms with van der Waals surface area (Å²) in [7, 11) is 5.18. The van der Waals surface area contributed by atoms with Crippen molar-refractivity contribution < 1.29 is 43.2 Å². The number of aliphatic hydroxyl groups excluding tert-OH is 1. The molecule has 1 aliphatic carbocycles. The Morgan fingerprint density at radius 3 is 2.31 bits per heavy atom. The number of carbonyl (C=O) groups excluding carboxylic acids is 4. The van der Waals surface area contributed by atoms with E-state index >= 15 is 0 Å². The summed E-state index contributed by atoms with van der Waals surface area (Å²) in [6.45, 7) is 0. The molecule has 3 aliphatic rings. The van der Waals surface area contributed by atoms with Crippen molar-refractivity contribution in [2.75, 3.05) is 28.4 Å². The first-order chi connectivity index (χ1) is 15.2. The topological polar surface area (TPSA) is 129 Å². The van der Waals surface area contributed by atoms with Gasteiger partial charge in [-0.1, -0.05) is 6.08 Å². The van der Waals surface area contributed by atoms with Gasteiger partial charge in [0.15, 0.2) is 23.4 Å². The first-order valence-corrected chi connectivity index (χ1v) is 9.88. The zero-order chi connectivity index (χ0) is 23.4. The Bertz CT molecular complexity index is 1060. The molecule has 10 nitrogen and oxygen atoms in total. The number of aliphatic hydroxyl groups is 1. The highest BCUT2D eigenvalue weighted by molar-refractivity contribution is 6.05. The monoisotopic (exact) mass is 445 g/mol. The fourth-order valence-electron chi connectivity index (χ4n) is 5.42. The third-order valence-corrected chi connectivity index (χ3v) is 6.74. The molecule has 1 spiro atoms. The minimum atomic E-state index is -1.96. The van der Waals surface area contributed by atoms with Crippen molar-refractivity contribution >= 4 is 23.6 Å². The molecule has 0 aromatic heterocycles. The van der Waals surface area contributed by atoms with Crippen molar-refractivity contribution in [1.29, 1.82) is 0 Å². The Balaban J connectivity index is 2.15. The Morgan fingerprint density at radius 1 is 1.06 bits per heavy atom. The van der Waals surface area contributed by atoms with Crippen LogP contribution in [0.25, 0.3) is 0 Å². The van der Waals surface area contributed by atoms with E-state index in [1.807, 2.05) is 0 Å². The smallest absolute Gasteiger partial charge is 0.328 e. The van der Waals surface area contributed by atoms with E-state index in [0.29, 0.717) is 22.6 Å². The van der Waals surface area contributed by atoms with E-state index in [4.69, 9.17) is 18.9 Å². The van der Waals surface area contributed by atoms with Gasteiger partial charge in [-0.2, -0.15) is 0 Å². The van der Waals surface area contributed by atoms with Crippen LogP contribution >= 0.6 is 0 Å². The molecule has 0 unspecified atom stereocenters. The summed E-state index contributed by atoms with van der Waals surface area (Å²) in [6, 6.07) is 2.03. The lowest BCUT2D eigenvalue weighted by Crippen LogP contribution is -2.64. The van der Waals surface area contributed by atoms with Gasteiger partial charge in [-0.25, -0.2) is 4.79 Å². The zero-order valence-electron chi connectivity index (χ0n) is 18.0. The maximum absolute atomic E-state index is 13.4. The van der Waals surface area contributed by atoms with Gasteiger partial charge in [0, 0.05) is 12.8 Å². The molecule has 4 rings (SSSR count). The summed E-state index contributed by atoms with van der Waals surface area (Å²) < 4.78 is 20.8. The Kier molecular flexibility index (Phi) is 5.00. The summed E-state index contributed by atoms with van der Waals surface area (Å²) in [4.78, 5) is 53.2. The number of fused-ring (bicyclic) bond motifs is 1. The molecule has 1 aromatic carbocycles. The van der Waals surface area contributed by atoms with Crippen LogP contribution < -0.4 is 9.47 Å². The van der Waals surface area contributed by atoms with E-state index in [1.165, 1.54) is 27.4 Å². The summed E-state index contributed by atoms with van der Waals surface area (Å²) in [5, 5.41) is 11.1. The lowest BCUT2D eigenvalue weighted by atomic mass is 9.58. The second-order valence-corrected chi connectivity index (χ2v) is 7.92. The first-order valence-electron chi connectivity index (χ1n) is 9.88. The van der Waals surface area contributed by atoms with E-state index in [0.717, 1.165) is 18.1 Å². The third kappa shape index (κ3) is 2.44. The number of allylic oxidation sites excluding steroid dienone is 1. The number of rotatable bonds is 4. The van der Waals surface area contributed by atoms with Gasteiger partial charge in [0.25, 0.3) is 5.91 Å².